The van der Waals surface area contributed by atoms with Gasteiger partial charge in [0.05, 0.1) is 22.6 Å². The number of hydrogen-bond donors (Lipinski definition) is 2. The first-order valence-corrected chi connectivity index (χ1v) is 7.36. The van der Waals surface area contributed by atoms with Gasteiger partial charge in [-0.15, -0.1) is 11.3 Å². The molecule has 0 amide bonds. The van der Waals surface area contributed by atoms with Gasteiger partial charge in [0.15, 0.2) is 0 Å². The minimum absolute atomic E-state index is 0.151. The van der Waals surface area contributed by atoms with E-state index in [2.05, 4.69) is 9.97 Å². The fraction of sp³-hybridized carbons (Fsp3) is 0.214. The number of rotatable bonds is 4. The van der Waals surface area contributed by atoms with Crippen molar-refractivity contribution in [3.8, 4) is 0 Å². The molecule has 0 aliphatic heterocycles. The van der Waals surface area contributed by atoms with Crippen molar-refractivity contribution < 1.29 is 9.90 Å². The Morgan fingerprint density at radius 2 is 2.33 bits per heavy atom. The van der Waals surface area contributed by atoms with Gasteiger partial charge in [-0.05, 0) is 24.6 Å². The Bertz CT molecular complexity index is 848. The first kappa shape index (κ1) is 13.6. The van der Waals surface area contributed by atoms with E-state index < -0.39 is 5.97 Å². The van der Waals surface area contributed by atoms with Crippen LogP contribution in [0.15, 0.2) is 34.6 Å². The lowest BCUT2D eigenvalue weighted by atomic mass is 10.2. The highest BCUT2D eigenvalue weighted by Crippen LogP contribution is 2.26. The molecule has 2 aromatic heterocycles. The van der Waals surface area contributed by atoms with Crippen molar-refractivity contribution in [3.05, 3.63) is 50.8 Å². The third-order valence-corrected chi connectivity index (χ3v) is 4.28. The largest absolute Gasteiger partial charge is 0.478 e. The number of fused-ring (bicyclic) bond motifs is 1. The summed E-state index contributed by atoms with van der Waals surface area (Å²) in [5.74, 6) is -1.02. The van der Waals surface area contributed by atoms with Gasteiger partial charge in [-0.25, -0.2) is 14.6 Å². The van der Waals surface area contributed by atoms with E-state index in [4.69, 9.17) is 5.11 Å². The van der Waals surface area contributed by atoms with E-state index in [0.717, 1.165) is 11.4 Å². The monoisotopic (exact) mass is 303 g/mol. The molecule has 0 radical (unpaired) electrons. The second-order valence-corrected chi connectivity index (χ2v) is 5.56. The molecular weight excluding hydrogens is 290 g/mol. The fourth-order valence-electron chi connectivity index (χ4n) is 2.44. The average molecular weight is 303 g/mol. The molecule has 3 aromatic rings. The number of imidazole rings is 1. The number of nitrogens with one attached hydrogen (secondary N) is 1. The molecule has 0 spiro atoms. The highest BCUT2D eigenvalue weighted by molar-refractivity contribution is 7.09. The van der Waals surface area contributed by atoms with Crippen LogP contribution in [0.25, 0.3) is 11.0 Å². The normalized spacial score (nSPS) is 12.6. The summed E-state index contributed by atoms with van der Waals surface area (Å²) in [4.78, 5) is 30.3. The van der Waals surface area contributed by atoms with Crippen LogP contribution < -0.4 is 5.69 Å². The van der Waals surface area contributed by atoms with Crippen LogP contribution in [-0.2, 0) is 0 Å². The molecule has 0 saturated heterocycles. The molecule has 1 atom stereocenters. The van der Waals surface area contributed by atoms with Crippen LogP contribution >= 0.6 is 11.3 Å². The summed E-state index contributed by atoms with van der Waals surface area (Å²) in [6, 6.07) is 4.49. The van der Waals surface area contributed by atoms with E-state index in [1.54, 1.807) is 16.8 Å². The molecule has 0 saturated carbocycles. The molecule has 2 N–H and O–H groups in total. The Labute approximate surface area is 123 Å². The molecular formula is C14H13N3O3S. The average Bonchev–Trinajstić information content (AvgIpc) is 3.08. The van der Waals surface area contributed by atoms with Gasteiger partial charge in [0.2, 0.25) is 0 Å². The van der Waals surface area contributed by atoms with Gasteiger partial charge in [0.25, 0.3) is 0 Å². The third kappa shape index (κ3) is 2.25. The molecule has 2 heterocycles. The number of nitrogens with zero attached hydrogens (tertiary/aromatic N) is 2. The number of carboxylic acid groups (broad SMARTS) is 1. The van der Waals surface area contributed by atoms with Crippen molar-refractivity contribution in [2.75, 3.05) is 0 Å². The van der Waals surface area contributed by atoms with Gasteiger partial charge in [0.1, 0.15) is 5.01 Å². The summed E-state index contributed by atoms with van der Waals surface area (Å²) in [6.07, 6.45) is 2.44. The second-order valence-electron chi connectivity index (χ2n) is 4.63. The van der Waals surface area contributed by atoms with Gasteiger partial charge in [-0.1, -0.05) is 6.92 Å². The molecule has 7 heteroatoms. The van der Waals surface area contributed by atoms with Crippen LogP contribution in [0.1, 0.15) is 34.8 Å². The van der Waals surface area contributed by atoms with Crippen LogP contribution in [0, 0.1) is 0 Å². The molecule has 0 fully saturated rings. The third-order valence-electron chi connectivity index (χ3n) is 3.40. The number of aromatic carboxylic acids is 1. The highest BCUT2D eigenvalue weighted by atomic mass is 32.1. The van der Waals surface area contributed by atoms with Crippen molar-refractivity contribution >= 4 is 28.3 Å². The number of aromatic amines is 1. The number of carbonyl (C=O) groups is 1. The Morgan fingerprint density at radius 1 is 1.52 bits per heavy atom. The standard InChI is InChI=1S/C14H13N3O3S/c1-2-10(12-15-5-6-21-12)17-11-4-3-8(13(18)19)7-9(11)16-14(17)20/h3-7,10H,2H2,1H3,(H,16,20)(H,18,19). The summed E-state index contributed by atoms with van der Waals surface area (Å²) < 4.78 is 1.64. The number of thiazole rings is 1. The predicted molar refractivity (Wildman–Crippen MR) is 80.1 cm³/mol. The van der Waals surface area contributed by atoms with Crippen molar-refractivity contribution in [1.29, 1.82) is 0 Å². The van der Waals surface area contributed by atoms with Gasteiger partial charge < -0.3 is 10.1 Å². The molecule has 21 heavy (non-hydrogen) atoms. The predicted octanol–water partition coefficient (Wildman–Crippen LogP) is 2.48. The Hall–Kier alpha value is -2.41. The maximum atomic E-state index is 12.3. The van der Waals surface area contributed by atoms with Gasteiger partial charge >= 0.3 is 11.7 Å². The number of H-pyrrole nitrogens is 1. The van der Waals surface area contributed by atoms with Crippen LogP contribution in [-0.4, -0.2) is 25.6 Å². The minimum Gasteiger partial charge on any atom is -0.478 e. The van der Waals surface area contributed by atoms with Crippen LogP contribution in [0.5, 0.6) is 0 Å². The molecule has 6 nitrogen and oxygen atoms in total. The smallest absolute Gasteiger partial charge is 0.335 e. The van der Waals surface area contributed by atoms with E-state index in [9.17, 15) is 9.59 Å². The SMILES string of the molecule is CCC(c1nccs1)n1c(=O)[nH]c2cc(C(=O)O)ccc21. The second kappa shape index (κ2) is 5.17. The zero-order valence-corrected chi connectivity index (χ0v) is 12.1. The quantitative estimate of drug-likeness (QED) is 0.775. The van der Waals surface area contributed by atoms with Crippen molar-refractivity contribution in [2.24, 2.45) is 0 Å². The molecule has 108 valence electrons. The summed E-state index contributed by atoms with van der Waals surface area (Å²) >= 11 is 1.50. The van der Waals surface area contributed by atoms with E-state index in [-0.39, 0.29) is 17.3 Å². The summed E-state index contributed by atoms with van der Waals surface area (Å²) in [6.45, 7) is 1.99. The summed E-state index contributed by atoms with van der Waals surface area (Å²) in [5, 5.41) is 11.8. The molecule has 0 bridgehead atoms. The topological polar surface area (TPSA) is 88.0 Å². The van der Waals surface area contributed by atoms with Crippen molar-refractivity contribution in [1.82, 2.24) is 14.5 Å². The Balaban J connectivity index is 2.20. The molecule has 0 aliphatic carbocycles. The van der Waals surface area contributed by atoms with Gasteiger partial charge in [0, 0.05) is 11.6 Å². The number of carboxylic acids is 1. The lowest BCUT2D eigenvalue weighted by Crippen LogP contribution is -2.22. The van der Waals surface area contributed by atoms with E-state index in [0.29, 0.717) is 11.0 Å². The van der Waals surface area contributed by atoms with E-state index in [1.165, 1.54) is 23.5 Å². The number of aromatic nitrogens is 3. The van der Waals surface area contributed by atoms with Gasteiger partial charge in [-0.2, -0.15) is 0 Å². The van der Waals surface area contributed by atoms with E-state index in [1.807, 2.05) is 12.3 Å². The molecule has 1 aromatic carbocycles. The lowest BCUT2D eigenvalue weighted by molar-refractivity contribution is 0.0697. The first-order valence-electron chi connectivity index (χ1n) is 6.48. The molecule has 1 unspecified atom stereocenters. The fourth-order valence-corrected chi connectivity index (χ4v) is 3.25. The zero-order chi connectivity index (χ0) is 15.0. The first-order chi connectivity index (χ1) is 10.1. The van der Waals surface area contributed by atoms with Crippen molar-refractivity contribution in [3.63, 3.8) is 0 Å². The highest BCUT2D eigenvalue weighted by Gasteiger charge is 2.20. The summed E-state index contributed by atoms with van der Waals surface area (Å²) in [5.41, 5.74) is 1.11. The molecule has 0 aliphatic rings. The van der Waals surface area contributed by atoms with Crippen LogP contribution in [0.2, 0.25) is 0 Å². The Kier molecular flexibility index (Phi) is 3.34. The molecule has 3 rings (SSSR count). The number of hydrogen-bond acceptors (Lipinski definition) is 4. The van der Waals surface area contributed by atoms with Gasteiger partial charge in [-0.3, -0.25) is 4.57 Å². The van der Waals surface area contributed by atoms with Crippen molar-refractivity contribution in [2.45, 2.75) is 19.4 Å². The maximum Gasteiger partial charge on any atom is 0.335 e. The number of benzene rings is 1. The van der Waals surface area contributed by atoms with Crippen LogP contribution in [0.4, 0.5) is 0 Å². The van der Waals surface area contributed by atoms with E-state index >= 15 is 0 Å². The minimum atomic E-state index is -1.02. The maximum absolute atomic E-state index is 12.3. The summed E-state index contributed by atoms with van der Waals surface area (Å²) in [7, 11) is 0. The zero-order valence-electron chi connectivity index (χ0n) is 11.2. The lowest BCUT2D eigenvalue weighted by Gasteiger charge is -2.14. The Morgan fingerprint density at radius 3 is 2.95 bits per heavy atom. The van der Waals surface area contributed by atoms with Crippen LogP contribution in [0.3, 0.4) is 0 Å².